The Kier molecular flexibility index (Phi) is 8.03. The van der Waals surface area contributed by atoms with Crippen LogP contribution in [0.15, 0.2) is 17.6 Å². The second-order valence-corrected chi connectivity index (χ2v) is 4.32. The van der Waals surface area contributed by atoms with Gasteiger partial charge in [-0.05, 0) is 6.92 Å². The standard InChI is InChI=1S/C12H18N2O5.Na.H/c1-3-12(6-9(15)16,11-13-4-5-14-11)8(2)19-7-10(17)18;;/h3,8H,1,4-7H2,2H3,(H,13,14)(H,15,16)(H,17,18);;/q;+1;-1. The van der Waals surface area contributed by atoms with Crippen LogP contribution in [0.5, 0.6) is 0 Å². The Balaban J connectivity index is 0. The number of hydrogen-bond donors (Lipinski definition) is 3. The second kappa shape index (κ2) is 8.41. The molecule has 0 amide bonds. The van der Waals surface area contributed by atoms with Gasteiger partial charge in [-0.3, -0.25) is 9.79 Å². The topological polar surface area (TPSA) is 108 Å². The third-order valence-corrected chi connectivity index (χ3v) is 3.11. The van der Waals surface area contributed by atoms with Crippen LogP contribution >= 0.6 is 0 Å². The molecule has 0 saturated heterocycles. The maximum absolute atomic E-state index is 11.1. The molecular formula is C12H19N2NaO5. The van der Waals surface area contributed by atoms with Gasteiger partial charge in [-0.25, -0.2) is 4.79 Å². The van der Waals surface area contributed by atoms with E-state index in [9.17, 15) is 9.59 Å². The van der Waals surface area contributed by atoms with E-state index in [-0.39, 0.29) is 37.4 Å². The number of nitrogens with zero attached hydrogens (tertiary/aromatic N) is 1. The number of aliphatic imine (C=N–C) groups is 1. The predicted octanol–water partition coefficient (Wildman–Crippen LogP) is -2.76. The first-order chi connectivity index (χ1) is 8.92. The van der Waals surface area contributed by atoms with Crippen LogP contribution in [0.1, 0.15) is 14.8 Å². The number of aliphatic carboxylic acids is 2. The summed E-state index contributed by atoms with van der Waals surface area (Å²) in [4.78, 5) is 25.8. The number of amidine groups is 1. The van der Waals surface area contributed by atoms with Crippen molar-refractivity contribution in [3.63, 3.8) is 0 Å². The summed E-state index contributed by atoms with van der Waals surface area (Å²) < 4.78 is 5.22. The molecule has 0 radical (unpaired) electrons. The van der Waals surface area contributed by atoms with E-state index >= 15 is 0 Å². The zero-order chi connectivity index (χ0) is 14.5. The molecule has 0 aromatic rings. The monoisotopic (exact) mass is 294 g/mol. The maximum atomic E-state index is 11.1. The number of ether oxygens (including phenoxy) is 1. The molecule has 0 aromatic carbocycles. The molecule has 20 heavy (non-hydrogen) atoms. The van der Waals surface area contributed by atoms with Crippen molar-refractivity contribution in [2.24, 2.45) is 10.4 Å². The van der Waals surface area contributed by atoms with Crippen LogP contribution < -0.4 is 34.9 Å². The largest absolute Gasteiger partial charge is 1.00 e. The molecule has 0 bridgehead atoms. The van der Waals surface area contributed by atoms with Crippen molar-refractivity contribution in [3.05, 3.63) is 12.7 Å². The summed E-state index contributed by atoms with van der Waals surface area (Å²) in [6, 6.07) is 0. The first-order valence-electron chi connectivity index (χ1n) is 5.90. The van der Waals surface area contributed by atoms with Gasteiger partial charge in [0.15, 0.2) is 0 Å². The molecule has 0 aromatic heterocycles. The Morgan fingerprint density at radius 2 is 2.25 bits per heavy atom. The van der Waals surface area contributed by atoms with Gasteiger partial charge in [0.05, 0.1) is 24.5 Å². The van der Waals surface area contributed by atoms with Crippen molar-refractivity contribution in [1.29, 1.82) is 0 Å². The van der Waals surface area contributed by atoms with E-state index in [0.717, 1.165) is 0 Å². The molecule has 1 rings (SSSR count). The third kappa shape index (κ3) is 4.59. The van der Waals surface area contributed by atoms with Gasteiger partial charge in [-0.2, -0.15) is 0 Å². The molecule has 0 spiro atoms. The Morgan fingerprint density at radius 1 is 1.60 bits per heavy atom. The Morgan fingerprint density at radius 3 is 2.65 bits per heavy atom. The minimum absolute atomic E-state index is 0. The van der Waals surface area contributed by atoms with Crippen molar-refractivity contribution in [2.45, 2.75) is 19.4 Å². The molecule has 1 aliphatic heterocycles. The average molecular weight is 294 g/mol. The molecule has 2 atom stereocenters. The van der Waals surface area contributed by atoms with E-state index in [2.05, 4.69) is 16.9 Å². The first kappa shape index (κ1) is 19.1. The smallest absolute Gasteiger partial charge is 1.00 e. The fraction of sp³-hybridized carbons (Fsp3) is 0.583. The number of rotatable bonds is 8. The van der Waals surface area contributed by atoms with Crippen LogP contribution in [0, 0.1) is 5.41 Å². The zero-order valence-electron chi connectivity index (χ0n) is 12.8. The SMILES string of the molecule is C=CC(CC(=O)O)(C1=NCCN1)C(C)OCC(=O)O.[H-].[Na+]. The molecule has 0 aliphatic carbocycles. The molecule has 2 unspecified atom stereocenters. The van der Waals surface area contributed by atoms with Gasteiger partial charge in [0.1, 0.15) is 12.4 Å². The molecule has 8 heteroatoms. The van der Waals surface area contributed by atoms with Gasteiger partial charge < -0.3 is 21.7 Å². The summed E-state index contributed by atoms with van der Waals surface area (Å²) in [6.07, 6.45) is 0.537. The Bertz CT molecular complexity index is 418. The van der Waals surface area contributed by atoms with E-state index in [4.69, 9.17) is 14.9 Å². The third-order valence-electron chi connectivity index (χ3n) is 3.11. The molecule has 1 aliphatic rings. The molecule has 3 N–H and O–H groups in total. The zero-order valence-corrected chi connectivity index (χ0v) is 13.8. The van der Waals surface area contributed by atoms with E-state index in [1.807, 2.05) is 0 Å². The molecule has 7 nitrogen and oxygen atoms in total. The maximum Gasteiger partial charge on any atom is 1.00 e. The first-order valence-corrected chi connectivity index (χ1v) is 5.90. The number of nitrogens with one attached hydrogen (secondary N) is 1. The number of hydrogen-bond acceptors (Lipinski definition) is 5. The van der Waals surface area contributed by atoms with E-state index in [1.165, 1.54) is 6.08 Å². The summed E-state index contributed by atoms with van der Waals surface area (Å²) in [5.41, 5.74) is -1.04. The van der Waals surface area contributed by atoms with Gasteiger partial charge in [0.2, 0.25) is 0 Å². The summed E-state index contributed by atoms with van der Waals surface area (Å²) in [5.74, 6) is -1.65. The molecule has 0 saturated carbocycles. The van der Waals surface area contributed by atoms with Gasteiger partial charge in [-0.15, -0.1) is 6.58 Å². The Hall–Kier alpha value is -0.890. The second-order valence-electron chi connectivity index (χ2n) is 4.32. The van der Waals surface area contributed by atoms with Crippen LogP contribution in [-0.2, 0) is 14.3 Å². The summed E-state index contributed by atoms with van der Waals surface area (Å²) >= 11 is 0. The van der Waals surface area contributed by atoms with E-state index in [0.29, 0.717) is 18.9 Å². The molecule has 0 fully saturated rings. The van der Waals surface area contributed by atoms with Gasteiger partial charge in [0, 0.05) is 6.54 Å². The van der Waals surface area contributed by atoms with Gasteiger partial charge >= 0.3 is 41.5 Å². The minimum Gasteiger partial charge on any atom is -1.00 e. The molecule has 1 heterocycles. The Labute approximate surface area is 140 Å². The summed E-state index contributed by atoms with van der Waals surface area (Å²) in [6.45, 7) is 5.97. The van der Waals surface area contributed by atoms with E-state index in [1.54, 1.807) is 6.92 Å². The summed E-state index contributed by atoms with van der Waals surface area (Å²) in [5, 5.41) is 20.7. The van der Waals surface area contributed by atoms with Gasteiger partial charge in [-0.1, -0.05) is 6.08 Å². The van der Waals surface area contributed by atoms with Crippen molar-refractivity contribution >= 4 is 17.8 Å². The molecule has 108 valence electrons. The van der Waals surface area contributed by atoms with Crippen LogP contribution in [0.25, 0.3) is 0 Å². The van der Waals surface area contributed by atoms with Crippen molar-refractivity contribution < 1.29 is 55.5 Å². The van der Waals surface area contributed by atoms with Crippen molar-refractivity contribution in [1.82, 2.24) is 5.32 Å². The fourth-order valence-corrected chi connectivity index (χ4v) is 2.06. The number of carboxylic acids is 2. The van der Waals surface area contributed by atoms with Crippen molar-refractivity contribution in [3.8, 4) is 0 Å². The minimum atomic E-state index is -1.11. The molecular weight excluding hydrogens is 275 g/mol. The fourth-order valence-electron chi connectivity index (χ4n) is 2.06. The predicted molar refractivity (Wildman–Crippen MR) is 69.3 cm³/mol. The van der Waals surface area contributed by atoms with Crippen molar-refractivity contribution in [2.75, 3.05) is 19.7 Å². The average Bonchev–Trinajstić information content (AvgIpc) is 2.86. The number of carbonyl (C=O) groups is 2. The normalized spacial score (nSPS) is 17.9. The van der Waals surface area contributed by atoms with Crippen LogP contribution in [-0.4, -0.2) is 53.8 Å². The van der Waals surface area contributed by atoms with Gasteiger partial charge in [0.25, 0.3) is 0 Å². The number of carboxylic acid groups (broad SMARTS) is 2. The van der Waals surface area contributed by atoms with E-state index < -0.39 is 30.1 Å². The summed E-state index contributed by atoms with van der Waals surface area (Å²) in [7, 11) is 0. The van der Waals surface area contributed by atoms with Crippen LogP contribution in [0.4, 0.5) is 0 Å². The van der Waals surface area contributed by atoms with Crippen LogP contribution in [0.3, 0.4) is 0 Å². The quantitative estimate of drug-likeness (QED) is 0.331. The van der Waals surface area contributed by atoms with Crippen LogP contribution in [0.2, 0.25) is 0 Å².